The quantitative estimate of drug-likeness (QED) is 0.810. The predicted molar refractivity (Wildman–Crippen MR) is 73.4 cm³/mol. The van der Waals surface area contributed by atoms with Gasteiger partial charge in [0.15, 0.2) is 11.6 Å². The number of aromatic nitrogens is 1. The molecule has 1 heterocycles. The second-order valence-corrected chi connectivity index (χ2v) is 4.43. The number of hydrogen-bond acceptors (Lipinski definition) is 3. The number of esters is 1. The normalized spacial score (nSPS) is 10.4. The number of carbonyl (C=O) groups excluding carboxylic acids is 1. The molecule has 1 aromatic carbocycles. The Morgan fingerprint density at radius 3 is 2.50 bits per heavy atom. The minimum Gasteiger partial charge on any atom is -0.494 e. The van der Waals surface area contributed by atoms with Gasteiger partial charge in [-0.15, -0.1) is 0 Å². The molecule has 4 nitrogen and oxygen atoms in total. The lowest BCUT2D eigenvalue weighted by Crippen LogP contribution is -2.03. The molecule has 1 aromatic heterocycles. The SMILES string of the molecule is COC(=O)c1cc(-c2ccc(OC)c(F)c2)n(C)c1C. The molecule has 0 N–H and O–H groups in total. The van der Waals surface area contributed by atoms with Crippen LogP contribution in [0.15, 0.2) is 24.3 Å². The molecule has 0 saturated carbocycles. The minimum absolute atomic E-state index is 0.188. The maximum Gasteiger partial charge on any atom is 0.339 e. The van der Waals surface area contributed by atoms with Crippen LogP contribution in [0.5, 0.6) is 5.75 Å². The zero-order valence-electron chi connectivity index (χ0n) is 11.9. The van der Waals surface area contributed by atoms with Crippen LogP contribution in [0.3, 0.4) is 0 Å². The molecule has 0 saturated heterocycles. The fourth-order valence-corrected chi connectivity index (χ4v) is 2.12. The zero-order valence-corrected chi connectivity index (χ0v) is 11.9. The molecule has 0 radical (unpaired) electrons. The van der Waals surface area contributed by atoms with E-state index in [1.807, 2.05) is 18.5 Å². The number of ether oxygens (including phenoxy) is 2. The molecule has 0 atom stereocenters. The summed E-state index contributed by atoms with van der Waals surface area (Å²) < 4.78 is 25.2. The molecular weight excluding hydrogens is 261 g/mol. The number of halogens is 1. The van der Waals surface area contributed by atoms with Crippen molar-refractivity contribution in [2.45, 2.75) is 6.92 Å². The average molecular weight is 277 g/mol. The first kappa shape index (κ1) is 14.1. The number of benzene rings is 1. The van der Waals surface area contributed by atoms with Crippen molar-refractivity contribution < 1.29 is 18.7 Å². The van der Waals surface area contributed by atoms with E-state index in [1.165, 1.54) is 20.3 Å². The van der Waals surface area contributed by atoms with Crippen LogP contribution in [0.25, 0.3) is 11.3 Å². The average Bonchev–Trinajstić information content (AvgIpc) is 2.74. The van der Waals surface area contributed by atoms with Gasteiger partial charge in [-0.1, -0.05) is 0 Å². The summed E-state index contributed by atoms with van der Waals surface area (Å²) >= 11 is 0. The lowest BCUT2D eigenvalue weighted by atomic mass is 10.1. The van der Waals surface area contributed by atoms with Gasteiger partial charge >= 0.3 is 5.97 Å². The van der Waals surface area contributed by atoms with Gasteiger partial charge in [-0.05, 0) is 31.2 Å². The van der Waals surface area contributed by atoms with E-state index in [-0.39, 0.29) is 5.75 Å². The van der Waals surface area contributed by atoms with Crippen LogP contribution >= 0.6 is 0 Å². The zero-order chi connectivity index (χ0) is 14.9. The van der Waals surface area contributed by atoms with Crippen LogP contribution in [0.2, 0.25) is 0 Å². The molecule has 0 amide bonds. The lowest BCUT2D eigenvalue weighted by Gasteiger charge is -2.07. The predicted octanol–water partition coefficient (Wildman–Crippen LogP) is 2.93. The van der Waals surface area contributed by atoms with Gasteiger partial charge in [0.25, 0.3) is 0 Å². The molecule has 0 unspecified atom stereocenters. The van der Waals surface area contributed by atoms with Gasteiger partial charge in [0.05, 0.1) is 19.8 Å². The highest BCUT2D eigenvalue weighted by molar-refractivity contribution is 5.92. The molecule has 106 valence electrons. The van der Waals surface area contributed by atoms with Gasteiger partial charge < -0.3 is 14.0 Å². The molecule has 0 fully saturated rings. The van der Waals surface area contributed by atoms with Crippen molar-refractivity contribution in [3.8, 4) is 17.0 Å². The van der Waals surface area contributed by atoms with Gasteiger partial charge in [-0.2, -0.15) is 0 Å². The first-order chi connectivity index (χ1) is 9.49. The molecular formula is C15H16FNO3. The fraction of sp³-hybridized carbons (Fsp3) is 0.267. The maximum atomic E-state index is 13.8. The van der Waals surface area contributed by atoms with Gasteiger partial charge in [0, 0.05) is 24.0 Å². The first-order valence-electron chi connectivity index (χ1n) is 6.08. The van der Waals surface area contributed by atoms with E-state index in [4.69, 9.17) is 9.47 Å². The van der Waals surface area contributed by atoms with E-state index in [9.17, 15) is 9.18 Å². The van der Waals surface area contributed by atoms with Crippen molar-refractivity contribution in [3.63, 3.8) is 0 Å². The lowest BCUT2D eigenvalue weighted by molar-refractivity contribution is 0.0600. The number of carbonyl (C=O) groups is 1. The highest BCUT2D eigenvalue weighted by Crippen LogP contribution is 2.28. The Hall–Kier alpha value is -2.30. The molecule has 0 aliphatic heterocycles. The summed E-state index contributed by atoms with van der Waals surface area (Å²) in [5.41, 5.74) is 2.65. The summed E-state index contributed by atoms with van der Waals surface area (Å²) in [4.78, 5) is 11.7. The highest BCUT2D eigenvalue weighted by Gasteiger charge is 2.17. The molecule has 2 aromatic rings. The Labute approximate surface area is 116 Å². The molecule has 0 aliphatic rings. The van der Waals surface area contributed by atoms with Crippen molar-refractivity contribution in [1.29, 1.82) is 0 Å². The molecule has 5 heteroatoms. The Morgan fingerprint density at radius 2 is 1.95 bits per heavy atom. The third-order valence-corrected chi connectivity index (χ3v) is 3.39. The van der Waals surface area contributed by atoms with Gasteiger partial charge in [0.1, 0.15) is 0 Å². The minimum atomic E-state index is -0.441. The van der Waals surface area contributed by atoms with Crippen molar-refractivity contribution in [1.82, 2.24) is 4.57 Å². The Balaban J connectivity index is 2.53. The van der Waals surface area contributed by atoms with Crippen molar-refractivity contribution in [2.75, 3.05) is 14.2 Å². The van der Waals surface area contributed by atoms with Crippen molar-refractivity contribution in [3.05, 3.63) is 41.3 Å². The highest BCUT2D eigenvalue weighted by atomic mass is 19.1. The molecule has 20 heavy (non-hydrogen) atoms. The second kappa shape index (κ2) is 5.36. The third-order valence-electron chi connectivity index (χ3n) is 3.39. The summed E-state index contributed by atoms with van der Waals surface area (Å²) in [6.45, 7) is 1.82. The Kier molecular flexibility index (Phi) is 3.79. The van der Waals surface area contributed by atoms with Crippen LogP contribution in [0.4, 0.5) is 4.39 Å². The second-order valence-electron chi connectivity index (χ2n) is 4.43. The molecule has 0 aliphatic carbocycles. The number of hydrogen-bond donors (Lipinski definition) is 0. The first-order valence-corrected chi connectivity index (χ1v) is 6.08. The van der Waals surface area contributed by atoms with E-state index < -0.39 is 11.8 Å². The molecule has 0 bridgehead atoms. The van der Waals surface area contributed by atoms with Gasteiger partial charge in [-0.25, -0.2) is 9.18 Å². The summed E-state index contributed by atoms with van der Waals surface area (Å²) in [6, 6.07) is 6.39. The van der Waals surface area contributed by atoms with E-state index in [0.29, 0.717) is 11.1 Å². The Morgan fingerprint density at radius 1 is 1.25 bits per heavy atom. The number of nitrogens with zero attached hydrogens (tertiary/aromatic N) is 1. The Bertz CT molecular complexity index is 661. The summed E-state index contributed by atoms with van der Waals surface area (Å²) in [6.07, 6.45) is 0. The number of methoxy groups -OCH3 is 2. The van der Waals surface area contributed by atoms with Crippen LogP contribution < -0.4 is 4.74 Å². The summed E-state index contributed by atoms with van der Waals surface area (Å²) in [5, 5.41) is 0. The summed E-state index contributed by atoms with van der Waals surface area (Å²) in [7, 11) is 4.57. The van der Waals surface area contributed by atoms with Crippen LogP contribution in [-0.2, 0) is 11.8 Å². The van der Waals surface area contributed by atoms with Crippen molar-refractivity contribution in [2.24, 2.45) is 7.05 Å². The largest absolute Gasteiger partial charge is 0.494 e. The number of rotatable bonds is 3. The van der Waals surface area contributed by atoms with Crippen LogP contribution in [0, 0.1) is 12.7 Å². The topological polar surface area (TPSA) is 40.5 Å². The third kappa shape index (κ3) is 2.27. The maximum absolute atomic E-state index is 13.8. The smallest absolute Gasteiger partial charge is 0.339 e. The van der Waals surface area contributed by atoms with Crippen molar-refractivity contribution >= 4 is 5.97 Å². The summed E-state index contributed by atoms with van der Waals surface area (Å²) in [5.74, 6) is -0.658. The molecule has 0 spiro atoms. The monoisotopic (exact) mass is 277 g/mol. The van der Waals surface area contributed by atoms with E-state index in [1.54, 1.807) is 18.2 Å². The van der Waals surface area contributed by atoms with E-state index in [2.05, 4.69) is 0 Å². The van der Waals surface area contributed by atoms with Crippen LogP contribution in [-0.4, -0.2) is 24.8 Å². The standard InChI is InChI=1S/C15H16FNO3/c1-9-11(15(18)20-4)8-13(17(9)2)10-5-6-14(19-3)12(16)7-10/h5-8H,1-4H3. The van der Waals surface area contributed by atoms with E-state index >= 15 is 0 Å². The fourth-order valence-electron chi connectivity index (χ4n) is 2.12. The van der Waals surface area contributed by atoms with Gasteiger partial charge in [-0.3, -0.25) is 0 Å². The van der Waals surface area contributed by atoms with E-state index in [0.717, 1.165) is 11.4 Å². The van der Waals surface area contributed by atoms with Crippen LogP contribution in [0.1, 0.15) is 16.1 Å². The van der Waals surface area contributed by atoms with Gasteiger partial charge in [0.2, 0.25) is 0 Å². The molecule has 2 rings (SSSR count).